The number of hydrogen-bond donors (Lipinski definition) is 1. The van der Waals surface area contributed by atoms with Crippen molar-refractivity contribution in [1.82, 2.24) is 4.90 Å². The van der Waals surface area contributed by atoms with Gasteiger partial charge in [-0.05, 0) is 50.6 Å². The smallest absolute Gasteiger partial charge is 0.343 e. The van der Waals surface area contributed by atoms with Crippen LogP contribution in [-0.2, 0) is 4.79 Å². The third-order valence-electron chi connectivity index (χ3n) is 6.32. The van der Waals surface area contributed by atoms with E-state index in [1.807, 2.05) is 30.3 Å². The van der Waals surface area contributed by atoms with Crippen LogP contribution in [0.4, 0.5) is 0 Å². The number of carbonyl (C=O) groups is 1. The van der Waals surface area contributed by atoms with Gasteiger partial charge >= 0.3 is 5.63 Å². The number of nitrogens with zero attached hydrogens (tertiary/aromatic N) is 1. The number of unbranched alkanes of at least 4 members (excludes halogenated alkanes) is 2. The van der Waals surface area contributed by atoms with Crippen LogP contribution in [0.1, 0.15) is 63.5 Å². The Morgan fingerprint density at radius 3 is 2.18 bits per heavy atom. The summed E-state index contributed by atoms with van der Waals surface area (Å²) in [7, 11) is 0. The standard InChI is InChI=1S/C28H35NO4/c1-4-6-17-29(18-7-5-2)19-23(20(3)30)25(21-13-9-8-10-14-21)26-27(31)22-15-11-12-16-24(22)33-28(26)32/h8-16,23,25,31H,4-7,17-19H2,1-3H3/t23-,25+/m0/s1. The van der Waals surface area contributed by atoms with Crippen molar-refractivity contribution in [2.75, 3.05) is 19.6 Å². The predicted molar refractivity (Wildman–Crippen MR) is 133 cm³/mol. The molecule has 1 N–H and O–H groups in total. The van der Waals surface area contributed by atoms with Crippen LogP contribution in [0.15, 0.2) is 63.8 Å². The third-order valence-corrected chi connectivity index (χ3v) is 6.32. The molecule has 0 saturated carbocycles. The summed E-state index contributed by atoms with van der Waals surface area (Å²) in [5, 5.41) is 11.7. The van der Waals surface area contributed by atoms with Crippen LogP contribution >= 0.6 is 0 Å². The number of Topliss-reactive ketones (excluding diaryl/α,β-unsaturated/α-hetero) is 1. The van der Waals surface area contributed by atoms with Crippen LogP contribution in [0.3, 0.4) is 0 Å². The summed E-state index contributed by atoms with van der Waals surface area (Å²) < 4.78 is 5.60. The van der Waals surface area contributed by atoms with Crippen molar-refractivity contribution in [1.29, 1.82) is 0 Å². The van der Waals surface area contributed by atoms with Crippen LogP contribution in [0.5, 0.6) is 5.75 Å². The van der Waals surface area contributed by atoms with Crippen molar-refractivity contribution >= 4 is 16.8 Å². The highest BCUT2D eigenvalue weighted by molar-refractivity contribution is 5.86. The molecular formula is C28H35NO4. The Labute approximate surface area is 196 Å². The molecule has 0 bridgehead atoms. The minimum Gasteiger partial charge on any atom is -0.507 e. The highest BCUT2D eigenvalue weighted by Gasteiger charge is 2.35. The number of aromatic hydroxyl groups is 1. The number of carbonyl (C=O) groups excluding carboxylic acids is 1. The van der Waals surface area contributed by atoms with Crippen molar-refractivity contribution < 1.29 is 14.3 Å². The van der Waals surface area contributed by atoms with Crippen LogP contribution in [0.25, 0.3) is 11.0 Å². The summed E-state index contributed by atoms with van der Waals surface area (Å²) in [4.78, 5) is 28.6. The maximum absolute atomic E-state index is 13.2. The fourth-order valence-corrected chi connectivity index (χ4v) is 4.49. The average molecular weight is 450 g/mol. The molecule has 5 nitrogen and oxygen atoms in total. The van der Waals surface area contributed by atoms with Gasteiger partial charge in [0.1, 0.15) is 17.1 Å². The van der Waals surface area contributed by atoms with E-state index >= 15 is 0 Å². The topological polar surface area (TPSA) is 70.8 Å². The lowest BCUT2D eigenvalue weighted by Gasteiger charge is -2.31. The van der Waals surface area contributed by atoms with Gasteiger partial charge in [-0.25, -0.2) is 4.79 Å². The lowest BCUT2D eigenvalue weighted by molar-refractivity contribution is -0.121. The van der Waals surface area contributed by atoms with Crippen LogP contribution < -0.4 is 5.63 Å². The molecule has 33 heavy (non-hydrogen) atoms. The first-order valence-corrected chi connectivity index (χ1v) is 12.0. The van der Waals surface area contributed by atoms with Crippen LogP contribution in [0.2, 0.25) is 0 Å². The van der Waals surface area contributed by atoms with Gasteiger partial charge in [0.2, 0.25) is 0 Å². The van der Waals surface area contributed by atoms with Gasteiger partial charge in [0, 0.05) is 18.4 Å². The molecule has 0 aliphatic carbocycles. The Morgan fingerprint density at radius 2 is 1.58 bits per heavy atom. The SMILES string of the molecule is CCCCN(CCCC)C[C@@H](C(C)=O)[C@@H](c1ccccc1)c1c(O)c2ccccc2oc1=O. The van der Waals surface area contributed by atoms with Gasteiger partial charge in [-0.1, -0.05) is 69.2 Å². The van der Waals surface area contributed by atoms with Gasteiger partial charge in [0.15, 0.2) is 0 Å². The van der Waals surface area contributed by atoms with Crippen molar-refractivity contribution in [3.05, 3.63) is 76.1 Å². The molecule has 0 radical (unpaired) electrons. The number of fused-ring (bicyclic) bond motifs is 1. The quantitative estimate of drug-likeness (QED) is 0.357. The van der Waals surface area contributed by atoms with E-state index in [1.165, 1.54) is 0 Å². The lowest BCUT2D eigenvalue weighted by atomic mass is 9.78. The summed E-state index contributed by atoms with van der Waals surface area (Å²) >= 11 is 0. The van der Waals surface area contributed by atoms with E-state index in [2.05, 4.69) is 18.7 Å². The minimum absolute atomic E-state index is 0.00573. The summed E-state index contributed by atoms with van der Waals surface area (Å²) in [5.41, 5.74) is 0.718. The van der Waals surface area contributed by atoms with Gasteiger partial charge in [-0.3, -0.25) is 4.79 Å². The second kappa shape index (κ2) is 11.8. The Morgan fingerprint density at radius 1 is 0.970 bits per heavy atom. The molecule has 0 aliphatic heterocycles. The molecule has 0 fully saturated rings. The zero-order chi connectivity index (χ0) is 23.8. The second-order valence-electron chi connectivity index (χ2n) is 8.76. The second-order valence-corrected chi connectivity index (χ2v) is 8.76. The van der Waals surface area contributed by atoms with Crippen LogP contribution in [0, 0.1) is 5.92 Å². The summed E-state index contributed by atoms with van der Waals surface area (Å²) in [6, 6.07) is 16.5. The first kappa shape index (κ1) is 24.7. The average Bonchev–Trinajstić information content (AvgIpc) is 2.82. The third kappa shape index (κ3) is 5.91. The van der Waals surface area contributed by atoms with Gasteiger partial charge in [0.05, 0.1) is 10.9 Å². The van der Waals surface area contributed by atoms with Crippen molar-refractivity contribution in [3.63, 3.8) is 0 Å². The number of rotatable bonds is 12. The highest BCUT2D eigenvalue weighted by Crippen LogP contribution is 2.39. The van der Waals surface area contributed by atoms with Crippen LogP contribution in [-0.4, -0.2) is 35.4 Å². The van der Waals surface area contributed by atoms with E-state index in [4.69, 9.17) is 4.42 Å². The summed E-state index contributed by atoms with van der Waals surface area (Å²) in [6.07, 6.45) is 4.25. The predicted octanol–water partition coefficient (Wildman–Crippen LogP) is 5.74. The highest BCUT2D eigenvalue weighted by atomic mass is 16.4. The molecule has 1 aromatic heterocycles. The Bertz CT molecular complexity index is 1100. The summed E-state index contributed by atoms with van der Waals surface area (Å²) in [5.74, 6) is -1.20. The first-order chi connectivity index (χ1) is 16.0. The van der Waals surface area contributed by atoms with Crippen molar-refractivity contribution in [2.24, 2.45) is 5.92 Å². The number of hydrogen-bond acceptors (Lipinski definition) is 5. The molecule has 1 heterocycles. The zero-order valence-electron chi connectivity index (χ0n) is 19.9. The van der Waals surface area contributed by atoms with E-state index in [1.54, 1.807) is 31.2 Å². The number of ketones is 1. The molecule has 0 spiro atoms. The number of benzene rings is 2. The van der Waals surface area contributed by atoms with Gasteiger partial charge in [-0.15, -0.1) is 0 Å². The molecular weight excluding hydrogens is 414 g/mol. The van der Waals surface area contributed by atoms with Gasteiger partial charge < -0.3 is 14.4 Å². The molecule has 176 valence electrons. The first-order valence-electron chi connectivity index (χ1n) is 12.0. The van der Waals surface area contributed by atoms with E-state index in [-0.39, 0.29) is 17.1 Å². The number of para-hydroxylation sites is 1. The van der Waals surface area contributed by atoms with Gasteiger partial charge in [0.25, 0.3) is 0 Å². The van der Waals surface area contributed by atoms with E-state index < -0.39 is 17.5 Å². The molecule has 0 aliphatic rings. The maximum Gasteiger partial charge on any atom is 0.343 e. The lowest BCUT2D eigenvalue weighted by Crippen LogP contribution is -2.38. The molecule has 5 heteroatoms. The van der Waals surface area contributed by atoms with E-state index in [9.17, 15) is 14.7 Å². The Kier molecular flexibility index (Phi) is 8.84. The molecule has 0 unspecified atom stereocenters. The molecule has 2 aromatic carbocycles. The Hall–Kier alpha value is -2.92. The van der Waals surface area contributed by atoms with Crippen molar-refractivity contribution in [3.8, 4) is 5.75 Å². The molecule has 3 rings (SSSR count). The molecule has 0 saturated heterocycles. The Balaban J connectivity index is 2.14. The zero-order valence-corrected chi connectivity index (χ0v) is 19.9. The monoisotopic (exact) mass is 449 g/mol. The molecule has 3 aromatic rings. The molecule has 0 amide bonds. The fraction of sp³-hybridized carbons (Fsp3) is 0.429. The van der Waals surface area contributed by atoms with Gasteiger partial charge in [-0.2, -0.15) is 0 Å². The van der Waals surface area contributed by atoms with Crippen molar-refractivity contribution in [2.45, 2.75) is 52.4 Å². The van der Waals surface area contributed by atoms with E-state index in [0.717, 1.165) is 44.3 Å². The minimum atomic E-state index is -0.602. The maximum atomic E-state index is 13.2. The largest absolute Gasteiger partial charge is 0.507 e. The fourth-order valence-electron chi connectivity index (χ4n) is 4.49. The summed E-state index contributed by atoms with van der Waals surface area (Å²) in [6.45, 7) is 8.23. The van der Waals surface area contributed by atoms with E-state index in [0.29, 0.717) is 17.5 Å². The molecule has 2 atom stereocenters. The normalized spacial score (nSPS) is 13.3.